The Morgan fingerprint density at radius 1 is 1.46 bits per heavy atom. The minimum absolute atomic E-state index is 0.0764. The largest absolute Gasteiger partial charge is 0.413 e. The van der Waals surface area contributed by atoms with Crippen LogP contribution in [0.3, 0.4) is 0 Å². The van der Waals surface area contributed by atoms with Crippen LogP contribution in [0.15, 0.2) is 23.3 Å². The van der Waals surface area contributed by atoms with Crippen LogP contribution in [-0.4, -0.2) is 45.2 Å². The third-order valence-electron chi connectivity index (χ3n) is 5.19. The number of aliphatic hydroxyl groups excluding tert-OH is 1. The summed E-state index contributed by atoms with van der Waals surface area (Å²) in [5.41, 5.74) is 0.708. The molecule has 9 heteroatoms. The van der Waals surface area contributed by atoms with Crippen molar-refractivity contribution in [3.8, 4) is 0 Å². The molecule has 2 atom stereocenters. The Kier molecular flexibility index (Phi) is 5.37. The van der Waals surface area contributed by atoms with E-state index in [9.17, 15) is 9.90 Å². The molecule has 0 bridgehead atoms. The van der Waals surface area contributed by atoms with Crippen LogP contribution in [0.25, 0.3) is 5.65 Å². The summed E-state index contributed by atoms with van der Waals surface area (Å²) >= 11 is 1.67. The highest BCUT2D eigenvalue weighted by Gasteiger charge is 2.39. The number of rotatable bonds is 5. The van der Waals surface area contributed by atoms with E-state index in [-0.39, 0.29) is 29.0 Å². The van der Waals surface area contributed by atoms with Crippen molar-refractivity contribution in [1.82, 2.24) is 14.0 Å². The van der Waals surface area contributed by atoms with Gasteiger partial charge < -0.3 is 14.3 Å². The first-order valence-corrected chi connectivity index (χ1v) is 12.7. The molecule has 1 aliphatic heterocycles. The van der Waals surface area contributed by atoms with Gasteiger partial charge in [-0.25, -0.2) is 9.78 Å². The Labute approximate surface area is 158 Å². The Hall–Kier alpha value is -1.13. The van der Waals surface area contributed by atoms with Crippen molar-refractivity contribution in [2.24, 2.45) is 0 Å². The molecule has 0 saturated carbocycles. The van der Waals surface area contributed by atoms with Gasteiger partial charge in [0.2, 0.25) is 0 Å². The van der Waals surface area contributed by atoms with E-state index in [2.05, 4.69) is 38.8 Å². The quantitative estimate of drug-likeness (QED) is 0.782. The van der Waals surface area contributed by atoms with E-state index in [1.165, 1.54) is 4.40 Å². The van der Waals surface area contributed by atoms with Crippen molar-refractivity contribution < 1.29 is 14.3 Å². The van der Waals surface area contributed by atoms with Crippen LogP contribution in [0.1, 0.15) is 32.7 Å². The molecule has 0 spiro atoms. The fourth-order valence-electron chi connectivity index (χ4n) is 2.52. The topological polar surface area (TPSA) is 78.0 Å². The second kappa shape index (κ2) is 7.12. The molecule has 26 heavy (non-hydrogen) atoms. The van der Waals surface area contributed by atoms with Gasteiger partial charge in [0, 0.05) is 18.1 Å². The van der Waals surface area contributed by atoms with Gasteiger partial charge in [-0.3, -0.25) is 8.97 Å². The van der Waals surface area contributed by atoms with Gasteiger partial charge in [0.05, 0.1) is 18.9 Å². The lowest BCUT2D eigenvalue weighted by Crippen LogP contribution is -2.42. The summed E-state index contributed by atoms with van der Waals surface area (Å²) in [7, 11) is -1.82. The Bertz CT molecular complexity index is 843. The molecule has 1 aliphatic rings. The lowest BCUT2D eigenvalue weighted by atomic mass is 10.2. The molecule has 0 radical (unpaired) electrons. The van der Waals surface area contributed by atoms with Crippen molar-refractivity contribution in [2.75, 3.05) is 12.4 Å². The highest BCUT2D eigenvalue weighted by atomic mass is 32.2. The number of imidazole rings is 1. The zero-order valence-electron chi connectivity index (χ0n) is 15.9. The van der Waals surface area contributed by atoms with Gasteiger partial charge in [-0.2, -0.15) is 0 Å². The Morgan fingerprint density at radius 3 is 2.85 bits per heavy atom. The second-order valence-corrected chi connectivity index (χ2v) is 14.1. The Morgan fingerprint density at radius 2 is 2.19 bits per heavy atom. The highest BCUT2D eigenvalue weighted by Crippen LogP contribution is 2.38. The van der Waals surface area contributed by atoms with Crippen LogP contribution in [-0.2, 0) is 15.8 Å². The summed E-state index contributed by atoms with van der Waals surface area (Å²) in [5.74, 6) is 0.693. The number of hydrogen-bond acceptors (Lipinski definition) is 6. The first-order chi connectivity index (χ1) is 12.1. The number of aliphatic hydroxyl groups is 1. The van der Waals surface area contributed by atoms with Crippen LogP contribution in [0.5, 0.6) is 0 Å². The maximum Gasteiger partial charge on any atom is 0.336 e. The first-order valence-electron chi connectivity index (χ1n) is 8.73. The minimum atomic E-state index is -1.82. The van der Waals surface area contributed by atoms with E-state index < -0.39 is 8.32 Å². The fraction of sp³-hybridized carbons (Fsp3) is 0.647. The normalized spacial score (nSPS) is 21.6. The molecule has 2 aromatic heterocycles. The Balaban J connectivity index is 1.70. The van der Waals surface area contributed by atoms with Gasteiger partial charge in [0.1, 0.15) is 17.3 Å². The van der Waals surface area contributed by atoms with Gasteiger partial charge in [-0.15, -0.1) is 11.8 Å². The molecule has 0 unspecified atom stereocenters. The molecular formula is C17H27N3O4SSi. The summed E-state index contributed by atoms with van der Waals surface area (Å²) in [6.45, 7) is 11.4. The van der Waals surface area contributed by atoms with Gasteiger partial charge in [-0.05, 0) is 24.2 Å². The van der Waals surface area contributed by atoms with E-state index in [0.29, 0.717) is 23.7 Å². The number of thioether (sulfide) groups is 1. The summed E-state index contributed by atoms with van der Waals surface area (Å²) in [6, 6.07) is 1.76. The van der Waals surface area contributed by atoms with Crippen molar-refractivity contribution in [1.29, 1.82) is 0 Å². The summed E-state index contributed by atoms with van der Waals surface area (Å²) in [5, 5.41) is 9.36. The number of ether oxygens (including phenoxy) is 1. The fourth-order valence-corrected chi connectivity index (χ4v) is 4.63. The minimum Gasteiger partial charge on any atom is -0.413 e. The maximum absolute atomic E-state index is 12.7. The van der Waals surface area contributed by atoms with E-state index >= 15 is 0 Å². The maximum atomic E-state index is 12.7. The van der Waals surface area contributed by atoms with Crippen LogP contribution in [0, 0.1) is 0 Å². The van der Waals surface area contributed by atoms with Gasteiger partial charge in [0.15, 0.2) is 8.32 Å². The number of fused-ring (bicyclic) bond motifs is 1. The lowest BCUT2D eigenvalue weighted by Gasteiger charge is -2.36. The van der Waals surface area contributed by atoms with Gasteiger partial charge in [0.25, 0.3) is 0 Å². The number of hydrogen-bond donors (Lipinski definition) is 1. The van der Waals surface area contributed by atoms with Crippen LogP contribution in [0.4, 0.5) is 0 Å². The molecule has 1 N–H and O–H groups in total. The van der Waals surface area contributed by atoms with E-state index in [1.54, 1.807) is 34.8 Å². The van der Waals surface area contributed by atoms with Gasteiger partial charge >= 0.3 is 5.69 Å². The number of nitrogens with zero attached hydrogens (tertiary/aromatic N) is 3. The highest BCUT2D eigenvalue weighted by molar-refractivity contribution is 8.00. The van der Waals surface area contributed by atoms with E-state index in [1.807, 2.05) is 0 Å². The smallest absolute Gasteiger partial charge is 0.336 e. The van der Waals surface area contributed by atoms with Gasteiger partial charge in [-0.1, -0.05) is 20.8 Å². The molecule has 7 nitrogen and oxygen atoms in total. The predicted molar refractivity (Wildman–Crippen MR) is 105 cm³/mol. The van der Waals surface area contributed by atoms with E-state index in [0.717, 1.165) is 0 Å². The zero-order chi connectivity index (χ0) is 19.1. The van der Waals surface area contributed by atoms with E-state index in [4.69, 9.17) is 9.16 Å². The zero-order valence-corrected chi connectivity index (χ0v) is 17.7. The molecular weight excluding hydrogens is 370 g/mol. The summed E-state index contributed by atoms with van der Waals surface area (Å²) < 4.78 is 15.3. The summed E-state index contributed by atoms with van der Waals surface area (Å²) in [4.78, 5) is 16.9. The first kappa shape index (κ1) is 19.6. The van der Waals surface area contributed by atoms with Crippen LogP contribution in [0.2, 0.25) is 18.1 Å². The van der Waals surface area contributed by atoms with Crippen molar-refractivity contribution in [2.45, 2.75) is 57.2 Å². The number of aromatic nitrogens is 3. The summed E-state index contributed by atoms with van der Waals surface area (Å²) in [6.07, 6.45) is 2.94. The molecule has 0 aliphatic carbocycles. The van der Waals surface area contributed by atoms with Crippen molar-refractivity contribution in [3.63, 3.8) is 0 Å². The van der Waals surface area contributed by atoms with Crippen molar-refractivity contribution in [3.05, 3.63) is 34.6 Å². The molecule has 144 valence electrons. The molecule has 3 heterocycles. The van der Waals surface area contributed by atoms with Crippen molar-refractivity contribution >= 4 is 25.7 Å². The lowest BCUT2D eigenvalue weighted by molar-refractivity contribution is -0.00429. The third-order valence-corrected chi connectivity index (χ3v) is 10.8. The average Bonchev–Trinajstić information content (AvgIpc) is 3.19. The second-order valence-electron chi connectivity index (χ2n) is 8.05. The average molecular weight is 398 g/mol. The molecule has 1 fully saturated rings. The standard InChI is InChI=1S/C17H27N3O4SSi/c1-17(2,3)26(4,5)23-10-15-24-14(11-25-15)19-7-6-13-18-12(9-21)8-20(13)16(19)22/h6-8,14-15,21H,9-11H2,1-5H3/t14-,15+/m1/s1. The predicted octanol–water partition coefficient (Wildman–Crippen LogP) is 2.60. The molecule has 0 amide bonds. The molecule has 2 aromatic rings. The molecule has 1 saturated heterocycles. The van der Waals surface area contributed by atoms with Crippen LogP contribution >= 0.6 is 11.8 Å². The third kappa shape index (κ3) is 3.77. The SMILES string of the molecule is CC(C)(C)[Si](C)(C)OC[C@H]1O[C@@H](n2ccc3nc(CO)cn3c2=O)CS1. The molecule has 3 rings (SSSR count). The molecule has 0 aromatic carbocycles. The van der Waals surface area contributed by atoms with Crippen LogP contribution < -0.4 is 5.69 Å². The monoisotopic (exact) mass is 397 g/mol.